The van der Waals surface area contributed by atoms with Gasteiger partial charge in [-0.05, 0) is 0 Å². The Morgan fingerprint density at radius 1 is 1.00 bits per heavy atom. The molecule has 0 aliphatic rings. The molecule has 0 unspecified atom stereocenters. The summed E-state index contributed by atoms with van der Waals surface area (Å²) in [7, 11) is -4.61. The first kappa shape index (κ1) is 11.0. The summed E-state index contributed by atoms with van der Waals surface area (Å²) >= 11 is -1.44. The van der Waals surface area contributed by atoms with Crippen molar-refractivity contribution in [1.82, 2.24) is 0 Å². The average molecular weight is 183 g/mol. The second-order valence-electron chi connectivity index (χ2n) is 0.663. The third kappa shape index (κ3) is 5320. The molecular formula is H4MnO6Si. The van der Waals surface area contributed by atoms with Gasteiger partial charge in [-0.15, -0.1) is 0 Å². The topological polar surface area (TPSA) is 115 Å². The predicted octanol–water partition coefficient (Wildman–Crippen LogP) is -2.85. The van der Waals surface area contributed by atoms with Gasteiger partial charge in [-0.25, -0.2) is 0 Å². The maximum atomic E-state index is 8.41. The molecule has 0 aromatic carbocycles. The van der Waals surface area contributed by atoms with Crippen molar-refractivity contribution in [2.24, 2.45) is 0 Å². The van der Waals surface area contributed by atoms with Crippen LogP contribution in [0.2, 0.25) is 0 Å². The summed E-state index contributed by atoms with van der Waals surface area (Å²) in [6, 6.07) is 0. The second-order valence-corrected chi connectivity index (χ2v) is 2.06. The molecule has 0 saturated carbocycles. The summed E-state index contributed by atoms with van der Waals surface area (Å²) in [4.78, 5) is 29.3. The summed E-state index contributed by atoms with van der Waals surface area (Å²) in [5, 5.41) is 0. The van der Waals surface area contributed by atoms with Crippen molar-refractivity contribution in [3.63, 3.8) is 0 Å². The van der Waals surface area contributed by atoms with E-state index in [-0.39, 0.29) is 0 Å². The van der Waals surface area contributed by atoms with Crippen LogP contribution < -0.4 is 0 Å². The fourth-order valence-corrected chi connectivity index (χ4v) is 0. The number of rotatable bonds is 0. The maximum absolute atomic E-state index is 8.41. The van der Waals surface area contributed by atoms with Gasteiger partial charge in [-0.1, -0.05) is 0 Å². The zero-order chi connectivity index (χ0) is 7.21. The van der Waals surface area contributed by atoms with E-state index in [1.54, 1.807) is 0 Å². The molecular weight excluding hydrogens is 179 g/mol. The van der Waals surface area contributed by atoms with Crippen molar-refractivity contribution in [1.29, 1.82) is 0 Å². The summed E-state index contributed by atoms with van der Waals surface area (Å²) in [5.74, 6) is 0. The molecule has 0 rings (SSSR count). The number of hydrogen-bond donors (Lipinski definition) is 4. The summed E-state index contributed by atoms with van der Waals surface area (Å²) < 4.78 is 16.8. The fourth-order valence-electron chi connectivity index (χ4n) is 0. The SMILES string of the molecule is O[Si](O)(O)O.[O]=[Mn]=[O]. The van der Waals surface area contributed by atoms with Gasteiger partial charge in [0.05, 0.1) is 0 Å². The van der Waals surface area contributed by atoms with Crippen LogP contribution in [0.3, 0.4) is 0 Å². The molecule has 4 N–H and O–H groups in total. The summed E-state index contributed by atoms with van der Waals surface area (Å²) in [5.41, 5.74) is 0. The monoisotopic (exact) mass is 183 g/mol. The van der Waals surface area contributed by atoms with Crippen molar-refractivity contribution in [2.45, 2.75) is 0 Å². The molecule has 0 radical (unpaired) electrons. The van der Waals surface area contributed by atoms with E-state index < -0.39 is 23.9 Å². The van der Waals surface area contributed by atoms with Gasteiger partial charge in [-0.2, -0.15) is 0 Å². The molecule has 6 nitrogen and oxygen atoms in total. The molecule has 8 heteroatoms. The van der Waals surface area contributed by atoms with Crippen molar-refractivity contribution >= 4 is 9.05 Å². The Bertz CT molecular complexity index is 69.0. The van der Waals surface area contributed by atoms with Crippen LogP contribution in [0.1, 0.15) is 0 Å². The Labute approximate surface area is 51.5 Å². The molecule has 51 valence electrons. The Morgan fingerprint density at radius 2 is 1.00 bits per heavy atom. The van der Waals surface area contributed by atoms with E-state index in [1.165, 1.54) is 0 Å². The first-order valence-corrected chi connectivity index (χ1v) is 3.96. The third-order valence-electron chi connectivity index (χ3n) is 0. The average Bonchev–Trinajstić information content (AvgIpc) is 1.27. The third-order valence-corrected chi connectivity index (χ3v) is 0. The predicted molar refractivity (Wildman–Crippen MR) is 16.0 cm³/mol. The van der Waals surface area contributed by atoms with Crippen molar-refractivity contribution in [2.75, 3.05) is 0 Å². The van der Waals surface area contributed by atoms with Crippen LogP contribution in [0.5, 0.6) is 0 Å². The van der Waals surface area contributed by atoms with Crippen LogP contribution in [0.15, 0.2) is 0 Å². The van der Waals surface area contributed by atoms with Gasteiger partial charge in [0.1, 0.15) is 0 Å². The van der Waals surface area contributed by atoms with Gasteiger partial charge < -0.3 is 19.2 Å². The van der Waals surface area contributed by atoms with E-state index in [2.05, 4.69) is 0 Å². The molecule has 0 fully saturated rings. The van der Waals surface area contributed by atoms with Crippen LogP contribution in [0, 0.1) is 0 Å². The van der Waals surface area contributed by atoms with Crippen molar-refractivity contribution in [3.05, 3.63) is 0 Å². The molecule has 0 amide bonds. The van der Waals surface area contributed by atoms with E-state index >= 15 is 0 Å². The van der Waals surface area contributed by atoms with Gasteiger partial charge in [0.25, 0.3) is 0 Å². The van der Waals surface area contributed by atoms with Gasteiger partial charge in [-0.3, -0.25) is 0 Å². The van der Waals surface area contributed by atoms with Crippen molar-refractivity contribution in [3.8, 4) is 0 Å². The molecule has 0 aliphatic heterocycles. The molecule has 0 bridgehead atoms. The van der Waals surface area contributed by atoms with Crippen LogP contribution in [0.4, 0.5) is 0 Å². The number of hydrogen-bond acceptors (Lipinski definition) is 6. The molecule has 8 heavy (non-hydrogen) atoms. The Hall–Kier alpha value is 0.176. The van der Waals surface area contributed by atoms with E-state index in [0.717, 1.165) is 0 Å². The second kappa shape index (κ2) is 5.32. The van der Waals surface area contributed by atoms with Crippen LogP contribution in [-0.2, 0) is 22.5 Å². The van der Waals surface area contributed by atoms with E-state index in [9.17, 15) is 0 Å². The molecule has 0 aliphatic carbocycles. The zero-order valence-corrected chi connectivity index (χ0v) is 5.66. The Morgan fingerprint density at radius 3 is 1.00 bits per heavy atom. The minimum absolute atomic E-state index is 1.44. The van der Waals surface area contributed by atoms with Gasteiger partial charge >= 0.3 is 31.5 Å². The summed E-state index contributed by atoms with van der Waals surface area (Å²) in [6.45, 7) is 0. The minimum atomic E-state index is -4.61. The Balaban J connectivity index is 0. The molecule has 0 saturated heterocycles. The normalized spacial score (nSPS) is 9.00. The Kier molecular flexibility index (Phi) is 7.33. The molecule has 0 aromatic rings. The van der Waals surface area contributed by atoms with Crippen molar-refractivity contribution < 1.29 is 41.7 Å². The fraction of sp³-hybridized carbons (Fsp3) is 0. The molecule has 0 spiro atoms. The molecule has 0 aromatic heterocycles. The van der Waals surface area contributed by atoms with Crippen LogP contribution in [0.25, 0.3) is 0 Å². The van der Waals surface area contributed by atoms with Crippen LogP contribution >= 0.6 is 0 Å². The standard InChI is InChI=1S/Mn.H4O4Si.2O/c;1-5(2,3)4;;/h;1-4H;;. The first-order valence-electron chi connectivity index (χ1n) is 1.20. The first-order chi connectivity index (χ1) is 3.41. The quantitative estimate of drug-likeness (QED) is 0.300. The molecule has 0 atom stereocenters. The van der Waals surface area contributed by atoms with E-state index in [4.69, 9.17) is 26.9 Å². The summed E-state index contributed by atoms with van der Waals surface area (Å²) in [6.07, 6.45) is 0. The van der Waals surface area contributed by atoms with Gasteiger partial charge in [0.2, 0.25) is 0 Å². The van der Waals surface area contributed by atoms with E-state index in [1.807, 2.05) is 0 Å². The zero-order valence-electron chi connectivity index (χ0n) is 3.48. The van der Waals surface area contributed by atoms with E-state index in [0.29, 0.717) is 0 Å². The molecule has 0 heterocycles. The van der Waals surface area contributed by atoms with Gasteiger partial charge in [0.15, 0.2) is 0 Å². The van der Waals surface area contributed by atoms with Crippen LogP contribution in [-0.4, -0.2) is 28.2 Å². The van der Waals surface area contributed by atoms with Gasteiger partial charge in [0, 0.05) is 0 Å².